The second-order valence-corrected chi connectivity index (χ2v) is 8.67. The predicted octanol–water partition coefficient (Wildman–Crippen LogP) is 3.18. The average molecular weight is 449 g/mol. The molecule has 2 fully saturated rings. The smallest absolute Gasteiger partial charge is 0.342 e. The largest absolute Gasteiger partial charge is 0.348 e. The Morgan fingerprint density at radius 2 is 1.85 bits per heavy atom. The molecule has 2 aromatic carbocycles. The molecule has 2 aliphatic rings. The fourth-order valence-electron chi connectivity index (χ4n) is 4.41. The van der Waals surface area contributed by atoms with Crippen LogP contribution in [0.2, 0.25) is 0 Å². The van der Waals surface area contributed by atoms with Crippen LogP contribution in [0.15, 0.2) is 41.2 Å². The molecule has 0 spiro atoms. The van der Waals surface area contributed by atoms with Crippen molar-refractivity contribution in [2.24, 2.45) is 11.8 Å². The molecule has 3 aromatic rings. The van der Waals surface area contributed by atoms with Gasteiger partial charge in [-0.25, -0.2) is 23.2 Å². The number of amides is 1. The van der Waals surface area contributed by atoms with E-state index >= 15 is 4.39 Å². The molecular formula is C24H21F2N5O2. The zero-order valence-electron chi connectivity index (χ0n) is 17.7. The van der Waals surface area contributed by atoms with Gasteiger partial charge in [-0.2, -0.15) is 10.4 Å². The van der Waals surface area contributed by atoms with Crippen molar-refractivity contribution in [3.8, 4) is 22.9 Å². The van der Waals surface area contributed by atoms with Crippen molar-refractivity contribution in [2.45, 2.75) is 25.7 Å². The van der Waals surface area contributed by atoms with Crippen molar-refractivity contribution < 1.29 is 13.6 Å². The minimum atomic E-state index is -0.682. The number of halogens is 2. The molecule has 0 radical (unpaired) electrons. The first kappa shape index (κ1) is 21.1. The summed E-state index contributed by atoms with van der Waals surface area (Å²) in [5, 5.41) is 15.4. The number of hydrogen-bond donors (Lipinski definition) is 1. The molecule has 1 aliphatic carbocycles. The highest BCUT2D eigenvalue weighted by atomic mass is 19.1. The van der Waals surface area contributed by atoms with E-state index in [1.165, 1.54) is 28.8 Å². The third-order valence-electron chi connectivity index (χ3n) is 6.35. The summed E-state index contributed by atoms with van der Waals surface area (Å²) in [6, 6.07) is 10.1. The van der Waals surface area contributed by atoms with E-state index < -0.39 is 17.3 Å². The Balaban J connectivity index is 1.38. The van der Waals surface area contributed by atoms with Gasteiger partial charge in [-0.3, -0.25) is 4.79 Å². The average Bonchev–Trinajstić information content (AvgIpc) is 3.46. The summed E-state index contributed by atoms with van der Waals surface area (Å²) in [6.07, 6.45) is 3.17. The standard InChI is InChI=1S/C24H21F2N5O2/c25-19-10-16(3-4-18(19)12-27)17-5-6-21(20(26)11-17)31-22(28-29-24(31)33)9-14-7-8-30(13-14)23(32)15-1-2-15/h3-6,10-11,14-15H,1-2,7-9,13H2,(H,29,33)/t14-/m0/s1. The van der Waals surface area contributed by atoms with Crippen molar-refractivity contribution in [3.63, 3.8) is 0 Å². The molecule has 33 heavy (non-hydrogen) atoms. The summed E-state index contributed by atoms with van der Waals surface area (Å²) in [5.41, 5.74) is 0.246. The molecule has 7 nitrogen and oxygen atoms in total. The molecular weight excluding hydrogens is 428 g/mol. The summed E-state index contributed by atoms with van der Waals surface area (Å²) in [5.74, 6) is -0.410. The van der Waals surface area contributed by atoms with Crippen LogP contribution in [0, 0.1) is 34.8 Å². The van der Waals surface area contributed by atoms with Crippen molar-refractivity contribution in [2.75, 3.05) is 13.1 Å². The summed E-state index contributed by atoms with van der Waals surface area (Å²) >= 11 is 0. The fourth-order valence-corrected chi connectivity index (χ4v) is 4.41. The van der Waals surface area contributed by atoms with Gasteiger partial charge in [0.1, 0.15) is 23.5 Å². The molecule has 9 heteroatoms. The Labute approximate surface area is 188 Å². The Bertz CT molecular complexity index is 1340. The lowest BCUT2D eigenvalue weighted by atomic mass is 10.0. The Morgan fingerprint density at radius 3 is 2.52 bits per heavy atom. The number of aromatic nitrogens is 3. The van der Waals surface area contributed by atoms with E-state index in [2.05, 4.69) is 10.2 Å². The van der Waals surface area contributed by atoms with Crippen LogP contribution in [0.3, 0.4) is 0 Å². The molecule has 0 bridgehead atoms. The first-order chi connectivity index (χ1) is 15.9. The molecule has 1 aromatic heterocycles. The molecule has 5 rings (SSSR count). The van der Waals surface area contributed by atoms with Crippen LogP contribution in [0.1, 0.15) is 30.7 Å². The maximum atomic E-state index is 15.1. The topological polar surface area (TPSA) is 94.8 Å². The number of aromatic amines is 1. The van der Waals surface area contributed by atoms with Crippen molar-refractivity contribution in [1.29, 1.82) is 5.26 Å². The Hall–Kier alpha value is -3.80. The van der Waals surface area contributed by atoms with Gasteiger partial charge in [0, 0.05) is 25.4 Å². The number of benzene rings is 2. The van der Waals surface area contributed by atoms with E-state index in [1.54, 1.807) is 18.2 Å². The van der Waals surface area contributed by atoms with Gasteiger partial charge in [0.2, 0.25) is 5.91 Å². The second-order valence-electron chi connectivity index (χ2n) is 8.67. The van der Waals surface area contributed by atoms with Crippen molar-refractivity contribution in [3.05, 3.63) is 69.9 Å². The molecule has 1 atom stereocenters. The zero-order valence-corrected chi connectivity index (χ0v) is 17.7. The second kappa shape index (κ2) is 8.28. The molecule has 0 unspecified atom stereocenters. The highest BCUT2D eigenvalue weighted by molar-refractivity contribution is 5.81. The number of carbonyl (C=O) groups is 1. The number of nitrogens with zero attached hydrogens (tertiary/aromatic N) is 4. The van der Waals surface area contributed by atoms with E-state index in [1.807, 2.05) is 4.90 Å². The van der Waals surface area contributed by atoms with Crippen LogP contribution in [-0.4, -0.2) is 38.7 Å². The summed E-state index contributed by atoms with van der Waals surface area (Å²) in [6.45, 7) is 1.31. The van der Waals surface area contributed by atoms with E-state index in [4.69, 9.17) is 5.26 Å². The quantitative estimate of drug-likeness (QED) is 0.647. The summed E-state index contributed by atoms with van der Waals surface area (Å²) in [4.78, 5) is 26.6. The maximum absolute atomic E-state index is 15.1. The normalized spacial score (nSPS) is 17.8. The Kier molecular flexibility index (Phi) is 5.29. The SMILES string of the molecule is N#Cc1ccc(-c2ccc(-n3c(C[C@@H]4CCN(C(=O)C5CC5)C4)n[nH]c3=O)c(F)c2)cc1F. The van der Waals surface area contributed by atoms with Gasteiger partial charge in [-0.05, 0) is 60.6 Å². The van der Waals surface area contributed by atoms with Gasteiger partial charge in [0.15, 0.2) is 0 Å². The van der Waals surface area contributed by atoms with Gasteiger partial charge in [-0.15, -0.1) is 0 Å². The number of likely N-dealkylation sites (tertiary alicyclic amines) is 1. The number of H-pyrrole nitrogens is 1. The minimum absolute atomic E-state index is 0.0468. The number of rotatable bonds is 5. The van der Waals surface area contributed by atoms with Gasteiger partial charge < -0.3 is 4.90 Å². The Morgan fingerprint density at radius 1 is 1.12 bits per heavy atom. The molecule has 1 saturated carbocycles. The predicted molar refractivity (Wildman–Crippen MR) is 115 cm³/mol. The summed E-state index contributed by atoms with van der Waals surface area (Å²) in [7, 11) is 0. The van der Waals surface area contributed by atoms with Crippen molar-refractivity contribution in [1.82, 2.24) is 19.7 Å². The van der Waals surface area contributed by atoms with Gasteiger partial charge in [0.25, 0.3) is 0 Å². The molecule has 168 valence electrons. The van der Waals surface area contributed by atoms with E-state index in [9.17, 15) is 14.0 Å². The lowest BCUT2D eigenvalue weighted by molar-refractivity contribution is -0.131. The van der Waals surface area contributed by atoms with Crippen LogP contribution in [-0.2, 0) is 11.2 Å². The number of hydrogen-bond acceptors (Lipinski definition) is 4. The molecule has 1 aliphatic heterocycles. The molecule has 1 amide bonds. The van der Waals surface area contributed by atoms with Gasteiger partial charge >= 0.3 is 5.69 Å². The molecule has 1 saturated heterocycles. The maximum Gasteiger partial charge on any atom is 0.348 e. The highest BCUT2D eigenvalue weighted by Gasteiger charge is 2.37. The minimum Gasteiger partial charge on any atom is -0.342 e. The van der Waals surface area contributed by atoms with Gasteiger partial charge in [0.05, 0.1) is 11.3 Å². The monoisotopic (exact) mass is 449 g/mol. The van der Waals surface area contributed by atoms with Gasteiger partial charge in [-0.1, -0.05) is 12.1 Å². The fraction of sp³-hybridized carbons (Fsp3) is 0.333. The third-order valence-corrected chi connectivity index (χ3v) is 6.35. The number of carbonyl (C=O) groups excluding carboxylic acids is 1. The molecule has 2 heterocycles. The van der Waals surface area contributed by atoms with Crippen LogP contribution >= 0.6 is 0 Å². The first-order valence-electron chi connectivity index (χ1n) is 10.9. The van der Waals surface area contributed by atoms with Crippen LogP contribution in [0.4, 0.5) is 8.78 Å². The molecule has 1 N–H and O–H groups in total. The number of nitriles is 1. The van der Waals surface area contributed by atoms with E-state index in [0.29, 0.717) is 36.5 Å². The zero-order chi connectivity index (χ0) is 23.1. The van der Waals surface area contributed by atoms with E-state index in [0.717, 1.165) is 19.3 Å². The van der Waals surface area contributed by atoms with Crippen molar-refractivity contribution >= 4 is 5.91 Å². The highest BCUT2D eigenvalue weighted by Crippen LogP contribution is 2.33. The summed E-state index contributed by atoms with van der Waals surface area (Å²) < 4.78 is 30.3. The number of nitrogens with one attached hydrogen (secondary N) is 1. The van der Waals surface area contributed by atoms with Crippen LogP contribution in [0.25, 0.3) is 16.8 Å². The third kappa shape index (κ3) is 4.04. The van der Waals surface area contributed by atoms with Crippen LogP contribution < -0.4 is 5.69 Å². The van der Waals surface area contributed by atoms with E-state index in [-0.39, 0.29) is 29.0 Å². The lowest BCUT2D eigenvalue weighted by Crippen LogP contribution is -2.30. The van der Waals surface area contributed by atoms with Crippen LogP contribution in [0.5, 0.6) is 0 Å². The lowest BCUT2D eigenvalue weighted by Gasteiger charge is -2.16. The first-order valence-corrected chi connectivity index (χ1v) is 10.9.